The van der Waals surface area contributed by atoms with E-state index in [1.165, 1.54) is 43.5 Å². The average molecular weight is 423 g/mol. The van der Waals surface area contributed by atoms with Crippen molar-refractivity contribution in [2.24, 2.45) is 17.8 Å². The van der Waals surface area contributed by atoms with Gasteiger partial charge in [-0.2, -0.15) is 0 Å². The summed E-state index contributed by atoms with van der Waals surface area (Å²) in [6.07, 6.45) is 4.29. The van der Waals surface area contributed by atoms with Gasteiger partial charge in [-0.1, -0.05) is 6.42 Å². The lowest BCUT2D eigenvalue weighted by molar-refractivity contribution is -0.154. The summed E-state index contributed by atoms with van der Waals surface area (Å²) in [6.45, 7) is 5.03. The maximum Gasteiger partial charge on any atom is 0.306 e. The number of amides is 1. The van der Waals surface area contributed by atoms with Gasteiger partial charge in [0, 0.05) is 18.2 Å². The monoisotopic (exact) mass is 422 g/mol. The van der Waals surface area contributed by atoms with Crippen LogP contribution in [0.1, 0.15) is 52.9 Å². The molecule has 2 N–H and O–H groups in total. The summed E-state index contributed by atoms with van der Waals surface area (Å²) >= 11 is 0. The molecule has 4 atom stereocenters. The third-order valence-electron chi connectivity index (χ3n) is 5.81. The summed E-state index contributed by atoms with van der Waals surface area (Å²) in [5.74, 6) is 1.02. The minimum Gasteiger partial charge on any atom is -0.453 e. The Labute approximate surface area is 172 Å². The maximum absolute atomic E-state index is 12.3. The molecule has 3 rings (SSSR count). The number of hydrogen-bond acceptors (Lipinski definition) is 5. The van der Waals surface area contributed by atoms with Crippen LogP contribution in [0.25, 0.3) is 0 Å². The number of anilines is 1. The van der Waals surface area contributed by atoms with Crippen LogP contribution >= 0.6 is 0 Å². The van der Waals surface area contributed by atoms with Crippen LogP contribution in [0.2, 0.25) is 0 Å². The van der Waals surface area contributed by atoms with Crippen molar-refractivity contribution in [3.05, 3.63) is 24.3 Å². The number of carbonyl (C=O) groups excluding carboxylic acids is 2. The fraction of sp³-hybridized carbons (Fsp3) is 0.619. The minimum absolute atomic E-state index is 0.120. The Balaban J connectivity index is 1.49. The molecule has 8 heteroatoms. The van der Waals surface area contributed by atoms with Crippen LogP contribution in [0.5, 0.6) is 0 Å². The molecule has 1 aromatic carbocycles. The van der Waals surface area contributed by atoms with Gasteiger partial charge in [0.05, 0.1) is 4.90 Å². The van der Waals surface area contributed by atoms with Gasteiger partial charge in [0.25, 0.3) is 5.91 Å². The number of benzene rings is 1. The molecule has 2 aliphatic rings. The van der Waals surface area contributed by atoms with Crippen LogP contribution in [0.3, 0.4) is 0 Å². The molecule has 0 radical (unpaired) electrons. The molecule has 2 saturated carbocycles. The lowest BCUT2D eigenvalue weighted by Crippen LogP contribution is -2.31. The van der Waals surface area contributed by atoms with Crippen molar-refractivity contribution in [2.45, 2.75) is 69.9 Å². The Morgan fingerprint density at radius 3 is 2.34 bits per heavy atom. The topological polar surface area (TPSA) is 102 Å². The lowest BCUT2D eigenvalue weighted by atomic mass is 9.86. The molecular formula is C21H30N2O5S. The highest BCUT2D eigenvalue weighted by Crippen LogP contribution is 2.49. The SMILES string of the molecule is CC(C)NS(=O)(=O)c1ccc(NC(=O)C(C)OC(=O)CC2CC3CCC2C3)cc1. The van der Waals surface area contributed by atoms with E-state index < -0.39 is 22.0 Å². The first-order valence-corrected chi connectivity index (χ1v) is 11.7. The highest BCUT2D eigenvalue weighted by molar-refractivity contribution is 7.89. The Kier molecular flexibility index (Phi) is 6.63. The second kappa shape index (κ2) is 8.83. The smallest absolute Gasteiger partial charge is 0.306 e. The van der Waals surface area contributed by atoms with E-state index in [9.17, 15) is 18.0 Å². The van der Waals surface area contributed by atoms with Crippen LogP contribution in [0.4, 0.5) is 5.69 Å². The van der Waals surface area contributed by atoms with E-state index in [0.29, 0.717) is 23.9 Å². The van der Waals surface area contributed by atoms with Gasteiger partial charge in [-0.05, 0) is 82.1 Å². The molecule has 0 aromatic heterocycles. The molecule has 0 spiro atoms. The lowest BCUT2D eigenvalue weighted by Gasteiger charge is -2.21. The Morgan fingerprint density at radius 1 is 1.10 bits per heavy atom. The van der Waals surface area contributed by atoms with Crippen LogP contribution in [-0.4, -0.2) is 32.4 Å². The predicted molar refractivity (Wildman–Crippen MR) is 110 cm³/mol. The Morgan fingerprint density at radius 2 is 1.79 bits per heavy atom. The number of ether oxygens (including phenoxy) is 1. The van der Waals surface area contributed by atoms with Gasteiger partial charge in [-0.15, -0.1) is 0 Å². The number of esters is 1. The van der Waals surface area contributed by atoms with Gasteiger partial charge < -0.3 is 10.1 Å². The normalized spacial score (nSPS) is 24.5. The van der Waals surface area contributed by atoms with E-state index >= 15 is 0 Å². The van der Waals surface area contributed by atoms with E-state index in [1.807, 2.05) is 0 Å². The van der Waals surface area contributed by atoms with E-state index in [4.69, 9.17) is 4.74 Å². The van der Waals surface area contributed by atoms with Gasteiger partial charge in [0.2, 0.25) is 10.0 Å². The largest absolute Gasteiger partial charge is 0.453 e. The highest BCUT2D eigenvalue weighted by Gasteiger charge is 2.40. The van der Waals surface area contributed by atoms with Gasteiger partial charge in [-0.3, -0.25) is 9.59 Å². The first kappa shape index (κ1) is 21.8. The van der Waals surface area contributed by atoms with Gasteiger partial charge in [-0.25, -0.2) is 13.1 Å². The molecule has 7 nitrogen and oxygen atoms in total. The molecule has 2 aliphatic carbocycles. The summed E-state index contributed by atoms with van der Waals surface area (Å²) in [6, 6.07) is 5.65. The number of hydrogen-bond donors (Lipinski definition) is 2. The third-order valence-corrected chi connectivity index (χ3v) is 7.49. The molecule has 2 bridgehead atoms. The van der Waals surface area contributed by atoms with Crippen LogP contribution in [0, 0.1) is 17.8 Å². The molecule has 29 heavy (non-hydrogen) atoms. The van der Waals surface area contributed by atoms with Crippen LogP contribution in [-0.2, 0) is 24.3 Å². The van der Waals surface area contributed by atoms with Gasteiger partial charge in [0.15, 0.2) is 6.10 Å². The average Bonchev–Trinajstić information content (AvgIpc) is 3.23. The Bertz CT molecular complexity index is 850. The second-order valence-corrected chi connectivity index (χ2v) is 10.3. The third kappa shape index (κ3) is 5.57. The second-order valence-electron chi connectivity index (χ2n) is 8.56. The Hall–Kier alpha value is -1.93. The molecule has 0 saturated heterocycles. The molecule has 1 amide bonds. The summed E-state index contributed by atoms with van der Waals surface area (Å²) < 4.78 is 32.1. The van der Waals surface area contributed by atoms with Crippen molar-refractivity contribution in [1.29, 1.82) is 0 Å². The number of sulfonamides is 1. The summed E-state index contributed by atoms with van der Waals surface area (Å²) in [5.41, 5.74) is 0.439. The van der Waals surface area contributed by atoms with Crippen molar-refractivity contribution < 1.29 is 22.7 Å². The summed E-state index contributed by atoms with van der Waals surface area (Å²) in [4.78, 5) is 24.7. The number of carbonyl (C=O) groups is 2. The quantitative estimate of drug-likeness (QED) is 0.627. The zero-order valence-corrected chi connectivity index (χ0v) is 18.0. The van der Waals surface area contributed by atoms with E-state index in [1.54, 1.807) is 20.8 Å². The molecule has 1 aromatic rings. The summed E-state index contributed by atoms with van der Waals surface area (Å²) in [7, 11) is -3.58. The van der Waals surface area contributed by atoms with Crippen molar-refractivity contribution in [3.8, 4) is 0 Å². The zero-order valence-electron chi connectivity index (χ0n) is 17.2. The van der Waals surface area contributed by atoms with Crippen LogP contribution in [0.15, 0.2) is 29.2 Å². The highest BCUT2D eigenvalue weighted by atomic mass is 32.2. The van der Waals surface area contributed by atoms with Crippen molar-refractivity contribution in [1.82, 2.24) is 4.72 Å². The van der Waals surface area contributed by atoms with E-state index in [0.717, 1.165) is 12.3 Å². The standard InChI is InChI=1S/C21H30N2O5S/c1-13(2)23-29(26,27)19-8-6-18(7-9-19)22-21(25)14(3)28-20(24)12-17-11-15-4-5-16(17)10-15/h6-9,13-17,23H,4-5,10-12H2,1-3H3,(H,22,25). The summed E-state index contributed by atoms with van der Waals surface area (Å²) in [5, 5.41) is 2.66. The van der Waals surface area contributed by atoms with E-state index in [2.05, 4.69) is 10.0 Å². The fourth-order valence-electron chi connectivity index (χ4n) is 4.48. The van der Waals surface area contributed by atoms with Crippen molar-refractivity contribution in [2.75, 3.05) is 5.32 Å². The first-order chi connectivity index (χ1) is 13.6. The zero-order chi connectivity index (χ0) is 21.2. The number of nitrogens with one attached hydrogen (secondary N) is 2. The molecule has 0 aliphatic heterocycles. The van der Waals surface area contributed by atoms with Crippen LogP contribution < -0.4 is 10.0 Å². The van der Waals surface area contributed by atoms with Gasteiger partial charge >= 0.3 is 5.97 Å². The fourth-order valence-corrected chi connectivity index (χ4v) is 5.73. The molecule has 4 unspecified atom stereocenters. The van der Waals surface area contributed by atoms with E-state index in [-0.39, 0.29) is 16.9 Å². The predicted octanol–water partition coefficient (Wildman–Crippen LogP) is 3.07. The number of fused-ring (bicyclic) bond motifs is 2. The van der Waals surface area contributed by atoms with Crippen molar-refractivity contribution in [3.63, 3.8) is 0 Å². The number of rotatable bonds is 8. The molecular weight excluding hydrogens is 392 g/mol. The van der Waals surface area contributed by atoms with Crippen molar-refractivity contribution >= 4 is 27.6 Å². The molecule has 160 valence electrons. The maximum atomic E-state index is 12.3. The minimum atomic E-state index is -3.58. The first-order valence-electron chi connectivity index (χ1n) is 10.3. The molecule has 2 fully saturated rings. The molecule has 0 heterocycles. The van der Waals surface area contributed by atoms with Gasteiger partial charge in [0.1, 0.15) is 0 Å².